The number of nitrogens with zero attached hydrogens (tertiary/aromatic N) is 1. The summed E-state index contributed by atoms with van der Waals surface area (Å²) >= 11 is 1.19. The highest BCUT2D eigenvalue weighted by molar-refractivity contribution is 7.10. The summed E-state index contributed by atoms with van der Waals surface area (Å²) in [5, 5.41) is 15.3. The number of carbonyl (C=O) groups is 2. The van der Waals surface area contributed by atoms with Crippen LogP contribution in [0.15, 0.2) is 39.2 Å². The normalized spacial score (nSPS) is 11.8. The molecule has 8 nitrogen and oxygen atoms in total. The number of nitrogens with one attached hydrogen (secondary N) is 2. The van der Waals surface area contributed by atoms with Crippen LogP contribution in [-0.2, 0) is 16.1 Å². The van der Waals surface area contributed by atoms with Crippen molar-refractivity contribution in [3.05, 3.63) is 55.2 Å². The first-order valence-corrected chi connectivity index (χ1v) is 6.71. The first kappa shape index (κ1) is 14.7. The highest BCUT2D eigenvalue weighted by atomic mass is 32.1. The number of hydrogen-bond acceptors (Lipinski definition) is 5. The van der Waals surface area contributed by atoms with Gasteiger partial charge < -0.3 is 10.4 Å². The van der Waals surface area contributed by atoms with Crippen molar-refractivity contribution in [1.82, 2.24) is 15.1 Å². The minimum absolute atomic E-state index is 0.463. The van der Waals surface area contributed by atoms with Crippen LogP contribution in [0.25, 0.3) is 0 Å². The predicted octanol–water partition coefficient (Wildman–Crippen LogP) is -0.460. The second-order valence-corrected chi connectivity index (χ2v) is 5.07. The van der Waals surface area contributed by atoms with Gasteiger partial charge in [-0.1, -0.05) is 6.07 Å². The summed E-state index contributed by atoms with van der Waals surface area (Å²) in [6, 6.07) is 4.13. The van der Waals surface area contributed by atoms with E-state index in [0.717, 1.165) is 16.8 Å². The molecule has 0 aliphatic heterocycles. The average Bonchev–Trinajstić information content (AvgIpc) is 2.93. The van der Waals surface area contributed by atoms with Crippen molar-refractivity contribution in [3.63, 3.8) is 0 Å². The van der Waals surface area contributed by atoms with Crippen molar-refractivity contribution in [2.24, 2.45) is 0 Å². The van der Waals surface area contributed by atoms with Crippen LogP contribution in [0.1, 0.15) is 10.9 Å². The Balaban J connectivity index is 2.13. The molecule has 1 unspecified atom stereocenters. The van der Waals surface area contributed by atoms with Gasteiger partial charge in [-0.25, -0.2) is 9.48 Å². The maximum atomic E-state index is 11.8. The summed E-state index contributed by atoms with van der Waals surface area (Å²) in [6.45, 7) is -0.468. The molecule has 0 saturated carbocycles. The van der Waals surface area contributed by atoms with Gasteiger partial charge in [0.2, 0.25) is 5.91 Å². The van der Waals surface area contributed by atoms with E-state index in [0.29, 0.717) is 4.88 Å². The molecule has 0 aliphatic carbocycles. The smallest absolute Gasteiger partial charge is 0.331 e. The Bertz CT molecular complexity index is 762. The molecule has 0 radical (unpaired) electrons. The molecule has 0 bridgehead atoms. The zero-order valence-electron chi connectivity index (χ0n) is 10.6. The number of aliphatic carboxylic acids is 1. The Morgan fingerprint density at radius 2 is 2.10 bits per heavy atom. The van der Waals surface area contributed by atoms with E-state index in [1.807, 2.05) is 0 Å². The lowest BCUT2D eigenvalue weighted by Crippen LogP contribution is -2.39. The van der Waals surface area contributed by atoms with Crippen LogP contribution < -0.4 is 16.4 Å². The second kappa shape index (κ2) is 6.18. The topological polar surface area (TPSA) is 121 Å². The number of carboxylic acids is 1. The maximum Gasteiger partial charge on any atom is 0.331 e. The van der Waals surface area contributed by atoms with Gasteiger partial charge in [0.25, 0.3) is 11.1 Å². The number of thiophene rings is 1. The number of rotatable bonds is 5. The molecular weight excluding hydrogens is 298 g/mol. The Labute approximate surface area is 121 Å². The fourth-order valence-corrected chi connectivity index (χ4v) is 2.41. The molecule has 0 aromatic carbocycles. The van der Waals surface area contributed by atoms with Gasteiger partial charge in [-0.15, -0.1) is 11.3 Å². The van der Waals surface area contributed by atoms with E-state index in [-0.39, 0.29) is 0 Å². The minimum atomic E-state index is -1.21. The molecule has 2 heterocycles. The molecule has 0 saturated heterocycles. The molecule has 3 N–H and O–H groups in total. The fourth-order valence-electron chi connectivity index (χ4n) is 1.64. The highest BCUT2D eigenvalue weighted by Crippen LogP contribution is 2.18. The summed E-state index contributed by atoms with van der Waals surface area (Å²) in [5.41, 5.74) is -1.09. The van der Waals surface area contributed by atoms with Gasteiger partial charge in [-0.3, -0.25) is 19.5 Å². The number of aromatic amines is 1. The third-order valence-corrected chi connectivity index (χ3v) is 3.51. The second-order valence-electron chi connectivity index (χ2n) is 4.09. The summed E-state index contributed by atoms with van der Waals surface area (Å²) in [7, 11) is 0. The molecule has 0 spiro atoms. The fraction of sp³-hybridized carbons (Fsp3) is 0.167. The van der Waals surface area contributed by atoms with Gasteiger partial charge in [0.05, 0.1) is 0 Å². The zero-order chi connectivity index (χ0) is 15.4. The molecule has 9 heteroatoms. The number of carbonyl (C=O) groups excluding carboxylic acids is 1. The molecule has 1 amide bonds. The van der Waals surface area contributed by atoms with Crippen molar-refractivity contribution in [2.75, 3.05) is 0 Å². The van der Waals surface area contributed by atoms with Crippen LogP contribution in [0.3, 0.4) is 0 Å². The Morgan fingerprint density at radius 1 is 1.33 bits per heavy atom. The monoisotopic (exact) mass is 309 g/mol. The standard InChI is InChI=1S/C12H11N3O5S/c16-8-3-4-10(18)15(14-8)6-9(17)13-11(12(19)20)7-2-1-5-21-7/h1-5,11H,6H2,(H,13,17)(H,14,16)(H,19,20). The predicted molar refractivity (Wildman–Crippen MR) is 74.2 cm³/mol. The first-order valence-electron chi connectivity index (χ1n) is 5.83. The Morgan fingerprint density at radius 3 is 2.71 bits per heavy atom. The van der Waals surface area contributed by atoms with Crippen LogP contribution in [-0.4, -0.2) is 26.8 Å². The third-order valence-electron chi connectivity index (χ3n) is 2.57. The molecule has 21 heavy (non-hydrogen) atoms. The molecule has 110 valence electrons. The lowest BCUT2D eigenvalue weighted by atomic mass is 10.2. The van der Waals surface area contributed by atoms with Crippen LogP contribution >= 0.6 is 11.3 Å². The Kier molecular flexibility index (Phi) is 4.33. The lowest BCUT2D eigenvalue weighted by Gasteiger charge is -2.13. The number of hydrogen-bond donors (Lipinski definition) is 3. The van der Waals surface area contributed by atoms with Crippen LogP contribution in [0.2, 0.25) is 0 Å². The van der Waals surface area contributed by atoms with E-state index in [9.17, 15) is 19.2 Å². The van der Waals surface area contributed by atoms with E-state index < -0.39 is 35.6 Å². The lowest BCUT2D eigenvalue weighted by molar-refractivity contribution is -0.142. The van der Waals surface area contributed by atoms with E-state index in [4.69, 9.17) is 5.11 Å². The molecule has 2 aromatic heterocycles. The van der Waals surface area contributed by atoms with Gasteiger partial charge >= 0.3 is 5.97 Å². The Hall–Kier alpha value is -2.68. The summed E-state index contributed by atoms with van der Waals surface area (Å²) < 4.78 is 0.811. The highest BCUT2D eigenvalue weighted by Gasteiger charge is 2.23. The van der Waals surface area contributed by atoms with Gasteiger partial charge in [0.1, 0.15) is 6.54 Å². The van der Waals surface area contributed by atoms with Gasteiger partial charge in [0, 0.05) is 17.0 Å². The molecule has 1 atom stereocenters. The molecule has 2 rings (SSSR count). The van der Waals surface area contributed by atoms with E-state index in [1.54, 1.807) is 17.5 Å². The van der Waals surface area contributed by atoms with Gasteiger partial charge in [0.15, 0.2) is 6.04 Å². The first-order chi connectivity index (χ1) is 9.97. The van der Waals surface area contributed by atoms with Crippen molar-refractivity contribution >= 4 is 23.2 Å². The quantitative estimate of drug-likeness (QED) is 0.690. The molecule has 0 aliphatic rings. The van der Waals surface area contributed by atoms with Gasteiger partial charge in [-0.2, -0.15) is 0 Å². The number of carboxylic acid groups (broad SMARTS) is 1. The van der Waals surface area contributed by atoms with Crippen LogP contribution in [0.5, 0.6) is 0 Å². The largest absolute Gasteiger partial charge is 0.479 e. The molecular formula is C12H11N3O5S. The number of H-pyrrole nitrogens is 1. The summed E-state index contributed by atoms with van der Waals surface area (Å²) in [5.74, 6) is -1.90. The third kappa shape index (κ3) is 3.66. The summed E-state index contributed by atoms with van der Waals surface area (Å²) in [4.78, 5) is 46.0. The van der Waals surface area contributed by atoms with E-state index in [1.165, 1.54) is 11.3 Å². The van der Waals surface area contributed by atoms with Crippen LogP contribution in [0.4, 0.5) is 0 Å². The maximum absolute atomic E-state index is 11.8. The molecule has 2 aromatic rings. The van der Waals surface area contributed by atoms with Crippen LogP contribution in [0, 0.1) is 0 Å². The number of amides is 1. The van der Waals surface area contributed by atoms with Crippen molar-refractivity contribution < 1.29 is 14.7 Å². The minimum Gasteiger partial charge on any atom is -0.479 e. The summed E-state index contributed by atoms with van der Waals surface area (Å²) in [6.07, 6.45) is 0. The van der Waals surface area contributed by atoms with Crippen molar-refractivity contribution in [3.8, 4) is 0 Å². The average molecular weight is 309 g/mol. The van der Waals surface area contributed by atoms with Crippen molar-refractivity contribution in [2.45, 2.75) is 12.6 Å². The molecule has 0 fully saturated rings. The van der Waals surface area contributed by atoms with Crippen molar-refractivity contribution in [1.29, 1.82) is 0 Å². The van der Waals surface area contributed by atoms with E-state index in [2.05, 4.69) is 10.4 Å². The van der Waals surface area contributed by atoms with E-state index >= 15 is 0 Å². The number of aromatic nitrogens is 2. The van der Waals surface area contributed by atoms with Gasteiger partial charge in [-0.05, 0) is 11.4 Å². The SMILES string of the molecule is O=C(Cn1[nH]c(=O)ccc1=O)NC(C(=O)O)c1cccs1. The zero-order valence-corrected chi connectivity index (χ0v) is 11.4.